The summed E-state index contributed by atoms with van der Waals surface area (Å²) in [4.78, 5) is 28.5. The lowest BCUT2D eigenvalue weighted by atomic mass is 10.4. The van der Waals surface area contributed by atoms with Crippen molar-refractivity contribution in [3.63, 3.8) is 0 Å². The molecule has 11 heteroatoms. The minimum Gasteiger partial charge on any atom is -0.379 e. The predicted molar refractivity (Wildman–Crippen MR) is 70.9 cm³/mol. The summed E-state index contributed by atoms with van der Waals surface area (Å²) in [6.45, 7) is 4.19. The van der Waals surface area contributed by atoms with Gasteiger partial charge in [0.25, 0.3) is 0 Å². The Kier molecular flexibility index (Phi) is 10.2. The normalized spacial score (nSPS) is 16.2. The van der Waals surface area contributed by atoms with Gasteiger partial charge in [0.15, 0.2) is 6.10 Å². The van der Waals surface area contributed by atoms with Crippen LogP contribution in [0.25, 0.3) is 10.4 Å². The third-order valence-corrected chi connectivity index (χ3v) is 2.34. The number of nitrogens with zero attached hydrogens (tertiary/aromatic N) is 4. The summed E-state index contributed by atoms with van der Waals surface area (Å²) in [6.07, 6.45) is -0.767. The molecule has 0 aliphatic carbocycles. The summed E-state index contributed by atoms with van der Waals surface area (Å²) in [5, 5.41) is 3.99. The average Bonchev–Trinajstić information content (AvgIpc) is 3.01. The van der Waals surface area contributed by atoms with E-state index in [1.165, 1.54) is 0 Å². The fourth-order valence-electron chi connectivity index (χ4n) is 1.29. The van der Waals surface area contributed by atoms with Crippen LogP contribution in [-0.4, -0.2) is 70.3 Å². The molecule has 0 aromatic carbocycles. The predicted octanol–water partition coefficient (Wildman–Crippen LogP) is 0.372. The molecular weight excluding hydrogens is 300 g/mol. The monoisotopic (exact) mass is 320 g/mol. The van der Waals surface area contributed by atoms with Gasteiger partial charge in [0.1, 0.15) is 18.6 Å². The van der Waals surface area contributed by atoms with Crippen LogP contribution in [0.1, 0.15) is 6.92 Å². The minimum atomic E-state index is -0.767. The maximum Gasteiger partial charge on any atom is 0.358 e. The Morgan fingerprint density at radius 2 is 1.86 bits per heavy atom. The molecule has 0 bridgehead atoms. The highest BCUT2D eigenvalue weighted by Gasteiger charge is 2.23. The van der Waals surface area contributed by atoms with E-state index in [0.717, 1.165) is 0 Å². The standard InChI is InChI=1S/C11H20N4O7/c1-10(11(16)22-15-20-8-9-21-15)19-7-6-18-5-4-17-3-2-13-14-12/h10H,2-9H2,1H3. The highest BCUT2D eigenvalue weighted by Crippen LogP contribution is 2.05. The fourth-order valence-corrected chi connectivity index (χ4v) is 1.29. The minimum absolute atomic E-state index is 0.233. The first kappa shape index (κ1) is 18.6. The zero-order valence-electron chi connectivity index (χ0n) is 12.4. The Labute approximate surface area is 127 Å². The first-order valence-corrected chi connectivity index (χ1v) is 6.79. The number of ether oxygens (including phenoxy) is 3. The van der Waals surface area contributed by atoms with Crippen molar-refractivity contribution in [1.82, 2.24) is 5.39 Å². The largest absolute Gasteiger partial charge is 0.379 e. The summed E-state index contributed by atoms with van der Waals surface area (Å²) in [5.74, 6) is -0.622. The van der Waals surface area contributed by atoms with E-state index in [0.29, 0.717) is 51.6 Å². The second-order valence-corrected chi connectivity index (χ2v) is 3.99. The number of hydrogen-bond donors (Lipinski definition) is 0. The number of hydrogen-bond acceptors (Lipinski definition) is 9. The molecule has 1 saturated heterocycles. The zero-order chi connectivity index (χ0) is 16.0. The molecule has 0 amide bonds. The lowest BCUT2D eigenvalue weighted by molar-refractivity contribution is -0.461. The van der Waals surface area contributed by atoms with Crippen molar-refractivity contribution in [2.75, 3.05) is 52.8 Å². The van der Waals surface area contributed by atoms with Crippen molar-refractivity contribution in [3.05, 3.63) is 10.4 Å². The third-order valence-electron chi connectivity index (χ3n) is 2.34. The Morgan fingerprint density at radius 1 is 1.23 bits per heavy atom. The number of azide groups is 1. The second-order valence-electron chi connectivity index (χ2n) is 3.99. The Bertz CT molecular complexity index is 358. The second kappa shape index (κ2) is 12.1. The fraction of sp³-hybridized carbons (Fsp3) is 0.909. The van der Waals surface area contributed by atoms with Crippen LogP contribution < -0.4 is 0 Å². The maximum absolute atomic E-state index is 11.5. The first-order valence-electron chi connectivity index (χ1n) is 6.79. The lowest BCUT2D eigenvalue weighted by Gasteiger charge is -2.15. The Balaban J connectivity index is 1.90. The van der Waals surface area contributed by atoms with Crippen LogP contribution in [0.4, 0.5) is 0 Å². The molecule has 0 N–H and O–H groups in total. The molecule has 1 aliphatic heterocycles. The van der Waals surface area contributed by atoms with Gasteiger partial charge in [-0.25, -0.2) is 14.5 Å². The van der Waals surface area contributed by atoms with Crippen molar-refractivity contribution >= 4 is 5.97 Å². The molecule has 0 aromatic heterocycles. The van der Waals surface area contributed by atoms with Gasteiger partial charge in [-0.2, -0.15) is 0 Å². The van der Waals surface area contributed by atoms with E-state index in [4.69, 9.17) is 34.3 Å². The quantitative estimate of drug-likeness (QED) is 0.218. The van der Waals surface area contributed by atoms with Crippen LogP contribution in [0.15, 0.2) is 5.11 Å². The zero-order valence-corrected chi connectivity index (χ0v) is 12.4. The SMILES string of the molecule is CC(OCCOCCOCCN=[N+]=[N-])C(=O)ON1OCCO1. The van der Waals surface area contributed by atoms with Crippen LogP contribution in [-0.2, 0) is 33.5 Å². The van der Waals surface area contributed by atoms with Gasteiger partial charge in [0, 0.05) is 11.5 Å². The Morgan fingerprint density at radius 3 is 2.55 bits per heavy atom. The van der Waals surface area contributed by atoms with Gasteiger partial charge < -0.3 is 19.0 Å². The smallest absolute Gasteiger partial charge is 0.358 e. The topological polar surface area (TPSA) is 124 Å². The molecule has 1 rings (SSSR count). The molecular formula is C11H20N4O7. The van der Waals surface area contributed by atoms with Crippen LogP contribution in [0.2, 0.25) is 0 Å². The maximum atomic E-state index is 11.5. The number of carbonyl (C=O) groups is 1. The van der Waals surface area contributed by atoms with E-state index in [9.17, 15) is 4.79 Å². The van der Waals surface area contributed by atoms with Crippen molar-refractivity contribution in [1.29, 1.82) is 0 Å². The van der Waals surface area contributed by atoms with E-state index in [1.807, 2.05) is 0 Å². The van der Waals surface area contributed by atoms with Gasteiger partial charge in [0.2, 0.25) is 0 Å². The van der Waals surface area contributed by atoms with Crippen LogP contribution in [0.5, 0.6) is 0 Å². The molecule has 1 heterocycles. The van der Waals surface area contributed by atoms with Gasteiger partial charge in [-0.05, 0) is 12.5 Å². The third kappa shape index (κ3) is 8.74. The molecule has 11 nitrogen and oxygen atoms in total. The summed E-state index contributed by atoms with van der Waals surface area (Å²) in [7, 11) is 0. The molecule has 1 aliphatic rings. The average molecular weight is 320 g/mol. The van der Waals surface area contributed by atoms with Gasteiger partial charge in [-0.15, -0.1) is 0 Å². The number of rotatable bonds is 12. The molecule has 0 saturated carbocycles. The first-order chi connectivity index (χ1) is 10.7. The Hall–Kier alpha value is -1.46. The van der Waals surface area contributed by atoms with Crippen molar-refractivity contribution in [2.45, 2.75) is 13.0 Å². The summed E-state index contributed by atoms with van der Waals surface area (Å²) < 4.78 is 15.6. The molecule has 22 heavy (non-hydrogen) atoms. The van der Waals surface area contributed by atoms with Crippen LogP contribution >= 0.6 is 0 Å². The summed E-state index contributed by atoms with van der Waals surface area (Å²) >= 11 is 0. The van der Waals surface area contributed by atoms with E-state index in [2.05, 4.69) is 10.0 Å². The summed E-state index contributed by atoms with van der Waals surface area (Å²) in [5.41, 5.74) is 8.04. The van der Waals surface area contributed by atoms with Crippen molar-refractivity contribution in [2.24, 2.45) is 5.11 Å². The molecule has 1 atom stereocenters. The molecule has 0 spiro atoms. The van der Waals surface area contributed by atoms with Crippen molar-refractivity contribution in [3.8, 4) is 0 Å². The van der Waals surface area contributed by atoms with E-state index < -0.39 is 12.1 Å². The van der Waals surface area contributed by atoms with Crippen molar-refractivity contribution < 1.29 is 33.5 Å². The van der Waals surface area contributed by atoms with E-state index in [-0.39, 0.29) is 6.61 Å². The van der Waals surface area contributed by atoms with Gasteiger partial charge in [0.05, 0.1) is 33.0 Å². The molecule has 126 valence electrons. The van der Waals surface area contributed by atoms with Gasteiger partial charge in [-0.1, -0.05) is 5.11 Å². The van der Waals surface area contributed by atoms with E-state index in [1.54, 1.807) is 6.92 Å². The molecule has 1 fully saturated rings. The highest BCUT2D eigenvalue weighted by molar-refractivity contribution is 5.73. The van der Waals surface area contributed by atoms with Gasteiger partial charge in [-0.3, -0.25) is 0 Å². The molecule has 1 unspecified atom stereocenters. The van der Waals surface area contributed by atoms with Crippen LogP contribution in [0, 0.1) is 0 Å². The highest BCUT2D eigenvalue weighted by atomic mass is 17.2. The van der Waals surface area contributed by atoms with E-state index >= 15 is 0 Å². The molecule has 0 aromatic rings. The summed E-state index contributed by atoms with van der Waals surface area (Å²) in [6, 6.07) is 0. The lowest BCUT2D eigenvalue weighted by Crippen LogP contribution is -2.31. The number of carbonyl (C=O) groups excluding carboxylic acids is 1. The van der Waals surface area contributed by atoms with Gasteiger partial charge >= 0.3 is 5.97 Å². The molecule has 0 radical (unpaired) electrons. The van der Waals surface area contributed by atoms with Crippen LogP contribution in [0.3, 0.4) is 0 Å².